The molecule has 2 unspecified atom stereocenters. The van der Waals surface area contributed by atoms with Crippen LogP contribution in [0.4, 0.5) is 5.69 Å². The highest BCUT2D eigenvalue weighted by atomic mass is 16.2. The fourth-order valence-electron chi connectivity index (χ4n) is 6.86. The molecule has 0 aliphatic carbocycles. The summed E-state index contributed by atoms with van der Waals surface area (Å²) in [5.74, 6) is -1.25. The van der Waals surface area contributed by atoms with Gasteiger partial charge in [-0.2, -0.15) is 0 Å². The Morgan fingerprint density at radius 3 is 2.37 bits per heavy atom. The normalized spacial score (nSPS) is 25.5. The highest BCUT2D eigenvalue weighted by Crippen LogP contribution is 2.56. The van der Waals surface area contributed by atoms with E-state index in [1.165, 1.54) is 4.90 Å². The molecule has 0 radical (unpaired) electrons. The molecule has 7 heteroatoms. The van der Waals surface area contributed by atoms with Crippen molar-refractivity contribution in [3.63, 3.8) is 0 Å². The van der Waals surface area contributed by atoms with Gasteiger partial charge in [-0.15, -0.1) is 0 Å². The number of aryl methyl sites for hydroxylation is 1. The molecule has 2 fully saturated rings. The Labute approximate surface area is 220 Å². The van der Waals surface area contributed by atoms with E-state index >= 15 is 0 Å². The molecule has 3 aromatic carbocycles. The molecule has 3 aliphatic heterocycles. The van der Waals surface area contributed by atoms with E-state index in [0.29, 0.717) is 28.1 Å². The van der Waals surface area contributed by atoms with Gasteiger partial charge in [0, 0.05) is 11.6 Å². The van der Waals surface area contributed by atoms with Gasteiger partial charge in [-0.1, -0.05) is 63.2 Å². The monoisotopic (exact) mass is 504 g/mol. The maximum Gasteiger partial charge on any atom is 0.266 e. The first-order valence-corrected chi connectivity index (χ1v) is 13.2. The van der Waals surface area contributed by atoms with Crippen molar-refractivity contribution in [2.45, 2.75) is 38.8 Å². The Morgan fingerprint density at radius 1 is 0.921 bits per heavy atom. The van der Waals surface area contributed by atoms with Crippen molar-refractivity contribution in [2.24, 2.45) is 17.8 Å². The quantitative estimate of drug-likeness (QED) is 0.428. The predicted molar refractivity (Wildman–Crippen MR) is 145 cm³/mol. The van der Waals surface area contributed by atoms with Gasteiger partial charge < -0.3 is 0 Å². The van der Waals surface area contributed by atoms with E-state index in [-0.39, 0.29) is 29.3 Å². The van der Waals surface area contributed by atoms with E-state index in [1.807, 2.05) is 66.7 Å². The van der Waals surface area contributed by atoms with Crippen LogP contribution < -0.4 is 15.8 Å². The van der Waals surface area contributed by atoms with E-state index in [0.717, 1.165) is 17.5 Å². The average molecular weight is 505 g/mol. The summed E-state index contributed by atoms with van der Waals surface area (Å²) < 4.78 is 1.64. The lowest BCUT2D eigenvalue weighted by Crippen LogP contribution is -2.51. The Morgan fingerprint density at radius 2 is 1.63 bits per heavy atom. The number of carbonyl (C=O) groups is 2. The topological polar surface area (TPSA) is 84.3 Å². The molecule has 4 atom stereocenters. The van der Waals surface area contributed by atoms with Crippen LogP contribution in [0.25, 0.3) is 16.6 Å². The van der Waals surface area contributed by atoms with E-state index in [2.05, 4.69) is 26.1 Å². The van der Waals surface area contributed by atoms with Gasteiger partial charge >= 0.3 is 0 Å². The van der Waals surface area contributed by atoms with Gasteiger partial charge in [0.1, 0.15) is 11.4 Å². The highest BCUT2D eigenvalue weighted by Gasteiger charge is 2.70. The molecule has 4 heterocycles. The molecule has 3 aliphatic rings. The third-order valence-corrected chi connectivity index (χ3v) is 8.62. The second-order valence-electron chi connectivity index (χ2n) is 10.9. The van der Waals surface area contributed by atoms with Crippen LogP contribution in [0.1, 0.15) is 37.7 Å². The smallest absolute Gasteiger partial charge is 0.266 e. The number of amides is 2. The number of para-hydroxylation sites is 2. The number of aromatic nitrogens is 2. The molecule has 0 bridgehead atoms. The maximum absolute atomic E-state index is 14.4. The lowest BCUT2D eigenvalue weighted by Gasteiger charge is -2.32. The minimum Gasteiger partial charge on any atom is -0.296 e. The Bertz CT molecular complexity index is 1710. The molecule has 1 aromatic heterocycles. The Hall–Kier alpha value is -4.10. The first kappa shape index (κ1) is 23.0. The van der Waals surface area contributed by atoms with Crippen LogP contribution in [0.2, 0.25) is 0 Å². The highest BCUT2D eigenvalue weighted by molar-refractivity contribution is 6.23. The van der Waals surface area contributed by atoms with Crippen LogP contribution in [-0.2, 0) is 21.5 Å². The summed E-state index contributed by atoms with van der Waals surface area (Å²) in [7, 11) is 0. The first-order chi connectivity index (χ1) is 18.4. The molecule has 190 valence electrons. The lowest BCUT2D eigenvalue weighted by atomic mass is 9.75. The first-order valence-electron chi connectivity index (χ1n) is 13.2. The number of fused-ring (bicyclic) bond motifs is 8. The summed E-state index contributed by atoms with van der Waals surface area (Å²) in [5.41, 5.74) is 2.52. The zero-order valence-electron chi connectivity index (χ0n) is 21.5. The number of anilines is 1. The number of nitrogens with zero attached hydrogens (tertiary/aromatic N) is 3. The molecule has 38 heavy (non-hydrogen) atoms. The lowest BCUT2D eigenvalue weighted by molar-refractivity contribution is -0.123. The molecular formula is C31H28N4O3. The van der Waals surface area contributed by atoms with Gasteiger partial charge in [0.25, 0.3) is 5.56 Å². The van der Waals surface area contributed by atoms with Crippen LogP contribution >= 0.6 is 0 Å². The van der Waals surface area contributed by atoms with Crippen molar-refractivity contribution >= 4 is 28.4 Å². The van der Waals surface area contributed by atoms with Crippen LogP contribution in [0.5, 0.6) is 0 Å². The zero-order chi connectivity index (χ0) is 26.3. The summed E-state index contributed by atoms with van der Waals surface area (Å²) in [6.45, 7) is 6.19. The number of benzene rings is 3. The van der Waals surface area contributed by atoms with Crippen LogP contribution in [0.15, 0.2) is 77.6 Å². The fraction of sp³-hybridized carbons (Fsp3) is 0.290. The second-order valence-corrected chi connectivity index (χ2v) is 10.9. The molecule has 2 saturated heterocycles. The third-order valence-electron chi connectivity index (χ3n) is 8.62. The van der Waals surface area contributed by atoms with Crippen LogP contribution in [-0.4, -0.2) is 27.4 Å². The van der Waals surface area contributed by atoms with Crippen LogP contribution in [0, 0.1) is 17.8 Å². The molecule has 7 rings (SSSR count). The summed E-state index contributed by atoms with van der Waals surface area (Å²) in [4.78, 5) is 48.7. The van der Waals surface area contributed by atoms with Gasteiger partial charge in [-0.25, -0.2) is 9.88 Å². The number of carbonyl (C=O) groups excluding carboxylic acids is 2. The zero-order valence-corrected chi connectivity index (χ0v) is 21.5. The number of hydrogen-bond donors (Lipinski definition) is 1. The SMILES string of the molecule is CCc1ccc(N2C(=O)[C@H]3C(C(C)C)NC4(c5ccccc5-n5c4nc4ccccc4c5=O)[C@H]3C2=O)cc1. The third kappa shape index (κ3) is 2.77. The molecule has 0 saturated carbocycles. The second kappa shape index (κ2) is 7.95. The minimum absolute atomic E-state index is 0.0643. The molecular weight excluding hydrogens is 476 g/mol. The molecule has 2 amide bonds. The number of nitrogens with one attached hydrogen (secondary N) is 1. The van der Waals surface area contributed by atoms with Gasteiger partial charge in [0.05, 0.1) is 34.1 Å². The number of imide groups is 1. The van der Waals surface area contributed by atoms with Crippen LogP contribution in [0.3, 0.4) is 0 Å². The molecule has 1 N–H and O–H groups in total. The van der Waals surface area contributed by atoms with Crippen molar-refractivity contribution in [1.29, 1.82) is 0 Å². The van der Waals surface area contributed by atoms with Gasteiger partial charge in [-0.05, 0) is 48.2 Å². The van der Waals surface area contributed by atoms with Crippen molar-refractivity contribution in [3.05, 3.63) is 100 Å². The maximum atomic E-state index is 14.4. The standard InChI is InChI=1S/C31H28N4O3/c1-4-18-13-15-19(16-14-18)34-28(37)24-25(29(34)38)31(33-26(24)17(2)3)21-10-6-8-12-23(21)35-27(36)20-9-5-7-11-22(20)32-30(31)35/h5-17,24-26,33H,4H2,1-3H3/t24-,25-,26?,31?/m1/s1. The molecule has 1 spiro atoms. The van der Waals surface area contributed by atoms with Crippen molar-refractivity contribution in [3.8, 4) is 5.69 Å². The summed E-state index contributed by atoms with van der Waals surface area (Å²) in [6, 6.07) is 22.3. The molecule has 4 aromatic rings. The van der Waals surface area contributed by atoms with Crippen molar-refractivity contribution in [2.75, 3.05) is 4.90 Å². The molecule has 7 nitrogen and oxygen atoms in total. The Kier molecular flexibility index (Phi) is 4.82. The van der Waals surface area contributed by atoms with E-state index < -0.39 is 17.4 Å². The van der Waals surface area contributed by atoms with Gasteiger partial charge in [0.15, 0.2) is 0 Å². The van der Waals surface area contributed by atoms with E-state index in [1.54, 1.807) is 10.6 Å². The largest absolute Gasteiger partial charge is 0.296 e. The van der Waals surface area contributed by atoms with E-state index in [4.69, 9.17) is 4.98 Å². The number of rotatable bonds is 3. The summed E-state index contributed by atoms with van der Waals surface area (Å²) in [5, 5.41) is 4.25. The van der Waals surface area contributed by atoms with Gasteiger partial charge in [0.2, 0.25) is 11.8 Å². The Balaban J connectivity index is 1.51. The van der Waals surface area contributed by atoms with Gasteiger partial charge in [-0.3, -0.25) is 24.3 Å². The minimum atomic E-state index is -1.11. The summed E-state index contributed by atoms with van der Waals surface area (Å²) >= 11 is 0. The van der Waals surface area contributed by atoms with Crippen molar-refractivity contribution in [1.82, 2.24) is 14.9 Å². The van der Waals surface area contributed by atoms with Crippen molar-refractivity contribution < 1.29 is 9.59 Å². The van der Waals surface area contributed by atoms with E-state index in [9.17, 15) is 14.4 Å². The number of hydrogen-bond acceptors (Lipinski definition) is 5. The summed E-state index contributed by atoms with van der Waals surface area (Å²) in [6.07, 6.45) is 0.873. The fourth-order valence-corrected chi connectivity index (χ4v) is 6.86. The predicted octanol–water partition coefficient (Wildman–Crippen LogP) is 3.94. The average Bonchev–Trinajstić information content (AvgIpc) is 3.53.